The van der Waals surface area contributed by atoms with E-state index in [4.69, 9.17) is 4.98 Å². The van der Waals surface area contributed by atoms with Crippen LogP contribution in [-0.2, 0) is 10.0 Å². The van der Waals surface area contributed by atoms with Crippen LogP contribution in [0.2, 0.25) is 0 Å². The summed E-state index contributed by atoms with van der Waals surface area (Å²) in [5, 5.41) is 18.5. The Morgan fingerprint density at radius 1 is 1.19 bits per heavy atom. The number of alkyl halides is 2. The second kappa shape index (κ2) is 8.89. The highest BCUT2D eigenvalue weighted by atomic mass is 32.2. The molecule has 1 aromatic carbocycles. The molecule has 2 aliphatic rings. The third-order valence-electron chi connectivity index (χ3n) is 6.47. The lowest BCUT2D eigenvalue weighted by Gasteiger charge is -2.42. The number of nitrogens with one attached hydrogen (secondary N) is 1. The van der Waals surface area contributed by atoms with Crippen molar-refractivity contribution < 1.29 is 22.3 Å². The molecule has 2 N–H and O–H groups in total. The third-order valence-corrected chi connectivity index (χ3v) is 7.71. The predicted octanol–water partition coefficient (Wildman–Crippen LogP) is 2.41. The molecule has 2 aromatic heterocycles. The van der Waals surface area contributed by atoms with Gasteiger partial charge in [0.2, 0.25) is 16.0 Å². The number of aromatic nitrogens is 4. The van der Waals surface area contributed by atoms with Crippen molar-refractivity contribution in [3.8, 4) is 5.69 Å². The van der Waals surface area contributed by atoms with E-state index in [-0.39, 0.29) is 11.6 Å². The van der Waals surface area contributed by atoms with E-state index in [1.54, 1.807) is 32.2 Å². The number of sulfonamides is 1. The molecule has 0 aliphatic carbocycles. The summed E-state index contributed by atoms with van der Waals surface area (Å²) in [5.74, 6) is 1.28. The molecule has 3 aromatic rings. The highest BCUT2D eigenvalue weighted by Crippen LogP contribution is 2.35. The molecule has 36 heavy (non-hydrogen) atoms. The smallest absolute Gasteiger partial charge is 0.263 e. The summed E-state index contributed by atoms with van der Waals surface area (Å²) in [7, 11) is -3.26. The first-order chi connectivity index (χ1) is 16.9. The van der Waals surface area contributed by atoms with Gasteiger partial charge in [-0.3, -0.25) is 0 Å². The highest BCUT2D eigenvalue weighted by Gasteiger charge is 2.36. The highest BCUT2D eigenvalue weighted by molar-refractivity contribution is 7.88. The van der Waals surface area contributed by atoms with Crippen LogP contribution in [0.15, 0.2) is 30.5 Å². The Hall–Kier alpha value is -2.90. The van der Waals surface area contributed by atoms with Crippen LogP contribution in [0, 0.1) is 5.92 Å². The summed E-state index contributed by atoms with van der Waals surface area (Å²) in [6, 6.07) is 5.83. The van der Waals surface area contributed by atoms with Crippen LogP contribution in [-0.4, -0.2) is 81.7 Å². The normalized spacial score (nSPS) is 18.0. The van der Waals surface area contributed by atoms with Crippen LogP contribution in [0.25, 0.3) is 16.7 Å². The maximum atomic E-state index is 13.3. The van der Waals surface area contributed by atoms with Crippen molar-refractivity contribution in [1.29, 1.82) is 0 Å². The largest absolute Gasteiger partial charge is 0.390 e. The first kappa shape index (κ1) is 24.8. The fourth-order valence-electron chi connectivity index (χ4n) is 4.74. The van der Waals surface area contributed by atoms with Crippen molar-refractivity contribution in [2.24, 2.45) is 5.92 Å². The Morgan fingerprint density at radius 2 is 1.92 bits per heavy atom. The molecule has 0 atom stereocenters. The van der Waals surface area contributed by atoms with Gasteiger partial charge in [-0.2, -0.15) is 19.4 Å². The lowest BCUT2D eigenvalue weighted by Crippen LogP contribution is -2.56. The van der Waals surface area contributed by atoms with Crippen LogP contribution < -0.4 is 10.2 Å². The van der Waals surface area contributed by atoms with E-state index < -0.39 is 22.0 Å². The Balaban J connectivity index is 1.48. The molecular weight excluding hydrogens is 492 g/mol. The minimum atomic E-state index is -3.26. The van der Waals surface area contributed by atoms with Crippen LogP contribution >= 0.6 is 0 Å². The Bertz CT molecular complexity index is 1380. The average Bonchev–Trinajstić information content (AvgIpc) is 3.15. The zero-order valence-corrected chi connectivity index (χ0v) is 21.1. The van der Waals surface area contributed by atoms with E-state index in [0.717, 1.165) is 0 Å². The lowest BCUT2D eigenvalue weighted by atomic mass is 9.88. The minimum absolute atomic E-state index is 0.115. The van der Waals surface area contributed by atoms with E-state index in [2.05, 4.69) is 20.3 Å². The summed E-state index contributed by atoms with van der Waals surface area (Å²) in [6.45, 7) is 5.60. The number of rotatable bonds is 8. The molecule has 5 rings (SSSR count). The van der Waals surface area contributed by atoms with Crippen molar-refractivity contribution >= 4 is 32.8 Å². The first-order valence-corrected chi connectivity index (χ1v) is 13.6. The molecule has 0 bridgehead atoms. The van der Waals surface area contributed by atoms with Crippen molar-refractivity contribution in [3.05, 3.63) is 36.0 Å². The zero-order chi connectivity index (χ0) is 25.8. The first-order valence-electron chi connectivity index (χ1n) is 11.7. The fraction of sp³-hybridized carbons (Fsp3) is 0.522. The number of hydrogen-bond donors (Lipinski definition) is 2. The number of nitrogens with zero attached hydrogens (tertiary/aromatic N) is 6. The summed E-state index contributed by atoms with van der Waals surface area (Å²) >= 11 is 0. The summed E-state index contributed by atoms with van der Waals surface area (Å²) in [5.41, 5.74) is 0.0325. The molecule has 194 valence electrons. The van der Waals surface area contributed by atoms with E-state index >= 15 is 0 Å². The van der Waals surface area contributed by atoms with Crippen LogP contribution in [0.5, 0.6) is 0 Å². The Kier molecular flexibility index (Phi) is 6.12. The monoisotopic (exact) mass is 521 g/mol. The van der Waals surface area contributed by atoms with Gasteiger partial charge in [0.15, 0.2) is 5.65 Å². The van der Waals surface area contributed by atoms with Crippen LogP contribution in [0.4, 0.5) is 20.5 Å². The van der Waals surface area contributed by atoms with E-state index in [0.29, 0.717) is 67.0 Å². The van der Waals surface area contributed by atoms with Gasteiger partial charge in [0.05, 0.1) is 35.2 Å². The molecule has 13 heteroatoms. The summed E-state index contributed by atoms with van der Waals surface area (Å²) in [6.07, 6.45) is 0.844. The maximum Gasteiger partial charge on any atom is 0.263 e. The van der Waals surface area contributed by atoms with Crippen molar-refractivity contribution in [2.45, 2.75) is 38.3 Å². The summed E-state index contributed by atoms with van der Waals surface area (Å²) < 4.78 is 52.9. The molecule has 0 unspecified atom stereocenters. The predicted molar refractivity (Wildman–Crippen MR) is 132 cm³/mol. The molecule has 2 aliphatic heterocycles. The standard InChI is InChI=1S/C23H29F2N7O3S/c1-23(2,33)8-14-10-30(11-14)20-18-9-26-32(17-6-4-5-15(7-17)19(24)25)21(18)29-22(28-20)27-16-12-31(13-16)36(3,34)35/h4-7,9,14,16,19,33H,8,10-13H2,1-3H3,(H,27,28,29). The van der Waals surface area contributed by atoms with E-state index in [9.17, 15) is 22.3 Å². The van der Waals surface area contributed by atoms with Gasteiger partial charge in [0.1, 0.15) is 5.82 Å². The van der Waals surface area contributed by atoms with Crippen molar-refractivity contribution in [2.75, 3.05) is 42.7 Å². The van der Waals surface area contributed by atoms with Gasteiger partial charge in [0, 0.05) is 31.7 Å². The molecule has 2 saturated heterocycles. The number of aliphatic hydroxyl groups is 1. The number of halogens is 2. The molecule has 2 fully saturated rings. The van der Waals surface area contributed by atoms with Crippen molar-refractivity contribution in [3.63, 3.8) is 0 Å². The molecule has 0 amide bonds. The lowest BCUT2D eigenvalue weighted by molar-refractivity contribution is 0.0474. The minimum Gasteiger partial charge on any atom is -0.390 e. The van der Waals surface area contributed by atoms with E-state index in [1.807, 2.05) is 0 Å². The molecule has 10 nitrogen and oxygen atoms in total. The molecule has 4 heterocycles. The maximum absolute atomic E-state index is 13.3. The Labute approximate surface area is 208 Å². The van der Waals surface area contributed by atoms with Crippen LogP contribution in [0.1, 0.15) is 32.3 Å². The molecule has 0 radical (unpaired) electrons. The summed E-state index contributed by atoms with van der Waals surface area (Å²) in [4.78, 5) is 11.4. The second-order valence-corrected chi connectivity index (χ2v) is 12.3. The number of fused-ring (bicyclic) bond motifs is 1. The quantitative estimate of drug-likeness (QED) is 0.464. The third kappa shape index (κ3) is 5.00. The number of anilines is 2. The zero-order valence-electron chi connectivity index (χ0n) is 20.3. The Morgan fingerprint density at radius 3 is 2.56 bits per heavy atom. The van der Waals surface area contributed by atoms with Gasteiger partial charge in [-0.05, 0) is 38.3 Å². The van der Waals surface area contributed by atoms with Gasteiger partial charge in [0.25, 0.3) is 6.43 Å². The van der Waals surface area contributed by atoms with Gasteiger partial charge >= 0.3 is 0 Å². The number of hydrogen-bond acceptors (Lipinski definition) is 8. The molecular formula is C23H29F2N7O3S. The van der Waals surface area contributed by atoms with Gasteiger partial charge in [-0.15, -0.1) is 0 Å². The van der Waals surface area contributed by atoms with Crippen LogP contribution in [0.3, 0.4) is 0 Å². The second-order valence-electron chi connectivity index (χ2n) is 10.3. The average molecular weight is 522 g/mol. The van der Waals surface area contributed by atoms with Gasteiger partial charge < -0.3 is 15.3 Å². The molecule has 0 spiro atoms. The number of benzene rings is 1. The van der Waals surface area contributed by atoms with Gasteiger partial charge in [-0.25, -0.2) is 21.9 Å². The topological polar surface area (TPSA) is 116 Å². The molecule has 0 saturated carbocycles. The SMILES string of the molecule is CC(C)(O)CC1CN(c2nc(NC3CN(S(C)(=O)=O)C3)nc3c2cnn3-c2cccc(C(F)F)c2)C1. The van der Waals surface area contributed by atoms with Gasteiger partial charge in [-0.1, -0.05) is 12.1 Å². The van der Waals surface area contributed by atoms with E-state index in [1.165, 1.54) is 27.4 Å². The van der Waals surface area contributed by atoms with Crippen molar-refractivity contribution in [1.82, 2.24) is 24.1 Å². The fourth-order valence-corrected chi connectivity index (χ4v) is 5.64.